The predicted octanol–water partition coefficient (Wildman–Crippen LogP) is 5.69. The van der Waals surface area contributed by atoms with Gasteiger partial charge in [-0.15, -0.1) is 23.1 Å². The van der Waals surface area contributed by atoms with Gasteiger partial charge in [-0.1, -0.05) is 13.0 Å². The molecule has 1 aromatic heterocycles. The highest BCUT2D eigenvalue weighted by atomic mass is 32.2. The molecular weight excluding hydrogens is 526 g/mol. The highest BCUT2D eigenvalue weighted by Crippen LogP contribution is 2.39. The van der Waals surface area contributed by atoms with Crippen LogP contribution in [0.3, 0.4) is 0 Å². The third kappa shape index (κ3) is 7.73. The van der Waals surface area contributed by atoms with Crippen LogP contribution in [0.15, 0.2) is 29.2 Å². The number of benzene rings is 1. The first-order valence-corrected chi connectivity index (χ1v) is 14.3. The van der Waals surface area contributed by atoms with Crippen molar-refractivity contribution in [2.45, 2.75) is 76.7 Å². The number of thiophene rings is 1. The molecular formula is C27H35N3O6S2. The monoisotopic (exact) mass is 561 g/mol. The van der Waals surface area contributed by atoms with Gasteiger partial charge in [0.05, 0.1) is 24.0 Å². The Kier molecular flexibility index (Phi) is 9.83. The van der Waals surface area contributed by atoms with E-state index < -0.39 is 22.9 Å². The van der Waals surface area contributed by atoms with E-state index in [0.717, 1.165) is 15.3 Å². The van der Waals surface area contributed by atoms with Crippen LogP contribution < -0.4 is 10.6 Å². The van der Waals surface area contributed by atoms with E-state index in [1.165, 1.54) is 30.0 Å². The summed E-state index contributed by atoms with van der Waals surface area (Å²) < 4.78 is 10.8. The van der Waals surface area contributed by atoms with Gasteiger partial charge in [-0.05, 0) is 64.3 Å². The summed E-state index contributed by atoms with van der Waals surface area (Å²) in [6.45, 7) is 11.4. The second-order valence-corrected chi connectivity index (χ2v) is 12.2. The summed E-state index contributed by atoms with van der Waals surface area (Å²) in [7, 11) is 0. The molecule has 1 atom stereocenters. The molecule has 0 saturated carbocycles. The number of nitrogens with zero attached hydrogens (tertiary/aromatic N) is 1. The Morgan fingerprint density at radius 2 is 1.89 bits per heavy atom. The zero-order chi connectivity index (χ0) is 28.0. The van der Waals surface area contributed by atoms with Crippen molar-refractivity contribution in [1.29, 1.82) is 0 Å². The number of carbonyl (C=O) groups excluding carboxylic acids is 4. The van der Waals surface area contributed by atoms with Crippen molar-refractivity contribution < 1.29 is 28.7 Å². The number of carbonyl (C=O) groups is 4. The molecule has 206 valence electrons. The molecule has 1 aliphatic heterocycles. The van der Waals surface area contributed by atoms with E-state index in [1.807, 2.05) is 45.9 Å². The number of esters is 1. The minimum atomic E-state index is -0.615. The van der Waals surface area contributed by atoms with Crippen molar-refractivity contribution in [2.24, 2.45) is 0 Å². The fourth-order valence-corrected chi connectivity index (χ4v) is 6.19. The largest absolute Gasteiger partial charge is 0.462 e. The maximum Gasteiger partial charge on any atom is 0.410 e. The molecule has 1 aliphatic rings. The van der Waals surface area contributed by atoms with E-state index in [1.54, 1.807) is 17.9 Å². The molecule has 0 saturated heterocycles. The Balaban J connectivity index is 1.82. The van der Waals surface area contributed by atoms with Gasteiger partial charge in [0.2, 0.25) is 11.8 Å². The van der Waals surface area contributed by atoms with Crippen LogP contribution in [0.4, 0.5) is 15.5 Å². The molecule has 9 nitrogen and oxygen atoms in total. The van der Waals surface area contributed by atoms with E-state index >= 15 is 0 Å². The first-order chi connectivity index (χ1) is 17.9. The lowest BCUT2D eigenvalue weighted by molar-refractivity contribution is -0.116. The number of hydrogen-bond acceptors (Lipinski definition) is 8. The zero-order valence-electron chi connectivity index (χ0n) is 22.6. The maximum absolute atomic E-state index is 13.4. The van der Waals surface area contributed by atoms with Gasteiger partial charge < -0.3 is 25.0 Å². The minimum absolute atomic E-state index is 0.171. The van der Waals surface area contributed by atoms with Crippen LogP contribution in [0.2, 0.25) is 0 Å². The number of fused-ring (bicyclic) bond motifs is 1. The molecule has 0 spiro atoms. The first kappa shape index (κ1) is 29.5. The summed E-state index contributed by atoms with van der Waals surface area (Å²) in [5, 5.41) is 5.70. The van der Waals surface area contributed by atoms with E-state index in [0.29, 0.717) is 42.2 Å². The highest BCUT2D eigenvalue weighted by molar-refractivity contribution is 8.00. The average Bonchev–Trinajstić information content (AvgIpc) is 3.18. The fraction of sp³-hybridized carbons (Fsp3) is 0.481. The molecule has 2 heterocycles. The van der Waals surface area contributed by atoms with Crippen molar-refractivity contribution >= 4 is 57.7 Å². The smallest absolute Gasteiger partial charge is 0.410 e. The molecule has 3 amide bonds. The second-order valence-electron chi connectivity index (χ2n) is 9.79. The summed E-state index contributed by atoms with van der Waals surface area (Å²) in [4.78, 5) is 53.6. The Morgan fingerprint density at radius 1 is 1.16 bits per heavy atom. The summed E-state index contributed by atoms with van der Waals surface area (Å²) in [5.74, 6) is -0.902. The lowest BCUT2D eigenvalue weighted by Gasteiger charge is -2.30. The normalized spacial score (nSPS) is 13.8. The van der Waals surface area contributed by atoms with Gasteiger partial charge in [0.25, 0.3) is 0 Å². The van der Waals surface area contributed by atoms with Gasteiger partial charge in [-0.3, -0.25) is 9.59 Å². The predicted molar refractivity (Wildman–Crippen MR) is 150 cm³/mol. The van der Waals surface area contributed by atoms with E-state index in [2.05, 4.69) is 10.6 Å². The summed E-state index contributed by atoms with van der Waals surface area (Å²) in [5.41, 5.74) is 1.20. The number of amides is 3. The second kappa shape index (κ2) is 12.7. The number of rotatable bonds is 8. The Hall–Kier alpha value is -3.05. The molecule has 3 rings (SSSR count). The fourth-order valence-electron chi connectivity index (χ4n) is 3.92. The minimum Gasteiger partial charge on any atom is -0.462 e. The first-order valence-electron chi connectivity index (χ1n) is 12.6. The Labute approximate surface area is 231 Å². The SMILES string of the molecule is CCOC(=O)c1c(NC(=O)C(CC)Sc2cccc(NC(C)=O)c2)sc2c1CCN(C(=O)OC(C)(C)C)C2. The maximum atomic E-state index is 13.4. The van der Waals surface area contributed by atoms with Crippen molar-refractivity contribution in [3.63, 3.8) is 0 Å². The Bertz CT molecular complexity index is 1200. The summed E-state index contributed by atoms with van der Waals surface area (Å²) in [6, 6.07) is 7.31. The third-order valence-corrected chi connectivity index (χ3v) is 8.01. The molecule has 1 unspecified atom stereocenters. The van der Waals surface area contributed by atoms with Crippen LogP contribution in [-0.2, 0) is 32.0 Å². The third-order valence-electron chi connectivity index (χ3n) is 5.52. The topological polar surface area (TPSA) is 114 Å². The van der Waals surface area contributed by atoms with Crippen LogP contribution in [0.25, 0.3) is 0 Å². The molecule has 0 aliphatic carbocycles. The van der Waals surface area contributed by atoms with Crippen LogP contribution in [-0.4, -0.2) is 52.8 Å². The lowest BCUT2D eigenvalue weighted by Crippen LogP contribution is -2.39. The number of hydrogen-bond donors (Lipinski definition) is 2. The average molecular weight is 562 g/mol. The van der Waals surface area contributed by atoms with E-state index in [-0.39, 0.29) is 18.4 Å². The van der Waals surface area contributed by atoms with Crippen LogP contribution in [0.5, 0.6) is 0 Å². The number of ether oxygens (including phenoxy) is 2. The van der Waals surface area contributed by atoms with Crippen LogP contribution >= 0.6 is 23.1 Å². The van der Waals surface area contributed by atoms with Crippen molar-refractivity contribution in [3.8, 4) is 0 Å². The van der Waals surface area contributed by atoms with Gasteiger partial charge in [0, 0.05) is 28.9 Å². The molecule has 0 fully saturated rings. The molecule has 11 heteroatoms. The highest BCUT2D eigenvalue weighted by Gasteiger charge is 2.33. The molecule has 2 N–H and O–H groups in total. The van der Waals surface area contributed by atoms with Gasteiger partial charge >= 0.3 is 12.1 Å². The van der Waals surface area contributed by atoms with Gasteiger partial charge in [-0.2, -0.15) is 0 Å². The lowest BCUT2D eigenvalue weighted by atomic mass is 10.0. The van der Waals surface area contributed by atoms with Crippen LogP contribution in [0, 0.1) is 0 Å². The van der Waals surface area contributed by atoms with Gasteiger partial charge in [0.15, 0.2) is 0 Å². The molecule has 38 heavy (non-hydrogen) atoms. The number of nitrogens with one attached hydrogen (secondary N) is 2. The van der Waals surface area contributed by atoms with Crippen LogP contribution in [0.1, 0.15) is 68.8 Å². The van der Waals surface area contributed by atoms with Crippen molar-refractivity contribution in [3.05, 3.63) is 40.3 Å². The van der Waals surface area contributed by atoms with Crippen molar-refractivity contribution in [1.82, 2.24) is 4.90 Å². The summed E-state index contributed by atoms with van der Waals surface area (Å²) >= 11 is 2.67. The van der Waals surface area contributed by atoms with Crippen molar-refractivity contribution in [2.75, 3.05) is 23.8 Å². The molecule has 1 aromatic carbocycles. The number of thioether (sulfide) groups is 1. The summed E-state index contributed by atoms with van der Waals surface area (Å²) in [6.07, 6.45) is 0.591. The molecule has 0 radical (unpaired) electrons. The molecule has 0 bridgehead atoms. The Morgan fingerprint density at radius 3 is 2.53 bits per heavy atom. The zero-order valence-corrected chi connectivity index (χ0v) is 24.3. The quantitative estimate of drug-likeness (QED) is 0.315. The van der Waals surface area contributed by atoms with Gasteiger partial charge in [0.1, 0.15) is 10.6 Å². The standard InChI is InChI=1S/C27H35N3O6S2/c1-7-20(37-18-11-9-10-17(14-18)28-16(3)31)23(32)29-24-22(25(33)35-8-2)19-12-13-30(15-21(19)38-24)26(34)36-27(4,5)6/h9-11,14,20H,7-8,12-13,15H2,1-6H3,(H,28,31)(H,29,32). The number of anilines is 2. The van der Waals surface area contributed by atoms with Gasteiger partial charge in [-0.25, -0.2) is 9.59 Å². The van der Waals surface area contributed by atoms with E-state index in [4.69, 9.17) is 9.47 Å². The van der Waals surface area contributed by atoms with E-state index in [9.17, 15) is 19.2 Å². The molecule has 2 aromatic rings.